The molecule has 1 aromatic carbocycles. The van der Waals surface area contributed by atoms with Crippen LogP contribution in [0, 0.1) is 11.8 Å². The van der Waals surface area contributed by atoms with Crippen molar-refractivity contribution in [2.75, 3.05) is 6.54 Å². The van der Waals surface area contributed by atoms with Crippen molar-refractivity contribution in [1.82, 2.24) is 16.0 Å². The molecule has 0 bridgehead atoms. The third-order valence-corrected chi connectivity index (χ3v) is 8.45. The van der Waals surface area contributed by atoms with Crippen molar-refractivity contribution >= 4 is 39.6 Å². The number of alkyl carbamates (subject to hydrolysis) is 1. The minimum atomic E-state index is -4.95. The molecule has 218 valence electrons. The molecular weight excluding hydrogens is 550 g/mol. The zero-order valence-corrected chi connectivity index (χ0v) is 23.8. The van der Waals surface area contributed by atoms with Gasteiger partial charge in [-0.05, 0) is 68.6 Å². The summed E-state index contributed by atoms with van der Waals surface area (Å²) in [5, 5.41) is 18.5. The summed E-state index contributed by atoms with van der Waals surface area (Å²) in [7, 11) is -4.95. The molecule has 2 fully saturated rings. The van der Waals surface area contributed by atoms with Crippen molar-refractivity contribution in [2.24, 2.45) is 11.8 Å². The van der Waals surface area contributed by atoms with Crippen LogP contribution in [-0.4, -0.2) is 65.7 Å². The van der Waals surface area contributed by atoms with Crippen LogP contribution >= 0.6 is 11.6 Å². The molecule has 1 aliphatic heterocycles. The number of nitrogens with one attached hydrogen (secondary N) is 3. The summed E-state index contributed by atoms with van der Waals surface area (Å²) >= 11 is 5.99. The summed E-state index contributed by atoms with van der Waals surface area (Å²) in [5.74, 6) is -1.78. The van der Waals surface area contributed by atoms with Crippen molar-refractivity contribution in [3.63, 3.8) is 0 Å². The van der Waals surface area contributed by atoms with Gasteiger partial charge in [-0.3, -0.25) is 14.1 Å². The molecule has 1 saturated heterocycles. The van der Waals surface area contributed by atoms with Gasteiger partial charge in [0.1, 0.15) is 11.6 Å². The van der Waals surface area contributed by atoms with Crippen LogP contribution in [0.1, 0.15) is 64.4 Å². The zero-order chi connectivity index (χ0) is 28.8. The predicted octanol–water partition coefficient (Wildman–Crippen LogP) is 2.55. The van der Waals surface area contributed by atoms with Gasteiger partial charge >= 0.3 is 6.09 Å². The van der Waals surface area contributed by atoms with Crippen molar-refractivity contribution < 1.29 is 37.2 Å². The minimum absolute atomic E-state index is 0.0406. The Morgan fingerprint density at radius 3 is 2.36 bits per heavy atom. The second-order valence-electron chi connectivity index (χ2n) is 10.9. The highest BCUT2D eigenvalue weighted by molar-refractivity contribution is 7.86. The Balaban J connectivity index is 1.72. The smallest absolute Gasteiger partial charge is 0.408 e. The molecule has 11 nitrogen and oxygen atoms in total. The van der Waals surface area contributed by atoms with Gasteiger partial charge in [0, 0.05) is 23.9 Å². The lowest BCUT2D eigenvalue weighted by Gasteiger charge is -2.31. The fourth-order valence-electron chi connectivity index (χ4n) is 5.29. The highest BCUT2D eigenvalue weighted by Gasteiger charge is 2.40. The quantitative estimate of drug-likeness (QED) is 0.232. The Hall–Kier alpha value is -2.41. The van der Waals surface area contributed by atoms with Gasteiger partial charge in [0.25, 0.3) is 10.1 Å². The molecule has 1 heterocycles. The molecule has 2 aliphatic rings. The first-order chi connectivity index (χ1) is 18.3. The van der Waals surface area contributed by atoms with Crippen LogP contribution in [0.5, 0.6) is 0 Å². The molecule has 1 aromatic rings. The lowest BCUT2D eigenvalue weighted by atomic mass is 9.92. The molecule has 1 unspecified atom stereocenters. The third kappa shape index (κ3) is 9.06. The predicted molar refractivity (Wildman–Crippen MR) is 144 cm³/mol. The number of hydrogen-bond donors (Lipinski definition) is 5. The molecule has 0 aromatic heterocycles. The van der Waals surface area contributed by atoms with E-state index >= 15 is 0 Å². The number of aliphatic hydroxyl groups is 1. The van der Waals surface area contributed by atoms with E-state index in [0.717, 1.165) is 18.4 Å². The zero-order valence-electron chi connectivity index (χ0n) is 22.2. The van der Waals surface area contributed by atoms with E-state index in [1.165, 1.54) is 0 Å². The van der Waals surface area contributed by atoms with Gasteiger partial charge in [0.15, 0.2) is 0 Å². The summed E-state index contributed by atoms with van der Waals surface area (Å²) in [6.07, 6.45) is 3.19. The normalized spacial score (nSPS) is 21.2. The van der Waals surface area contributed by atoms with E-state index in [9.17, 15) is 32.5 Å². The first-order valence-corrected chi connectivity index (χ1v) is 15.1. The van der Waals surface area contributed by atoms with Gasteiger partial charge in [-0.15, -0.1) is 0 Å². The van der Waals surface area contributed by atoms with Crippen LogP contribution in [0.3, 0.4) is 0 Å². The van der Waals surface area contributed by atoms with E-state index in [1.807, 2.05) is 26.0 Å². The monoisotopic (exact) mass is 587 g/mol. The topological polar surface area (TPSA) is 171 Å². The largest absolute Gasteiger partial charge is 0.443 e. The molecule has 13 heteroatoms. The lowest BCUT2D eigenvalue weighted by Crippen LogP contribution is -2.55. The number of hydrogen-bond acceptors (Lipinski definition) is 7. The van der Waals surface area contributed by atoms with E-state index in [1.54, 1.807) is 12.1 Å². The maximum absolute atomic E-state index is 13.3. The Morgan fingerprint density at radius 1 is 1.18 bits per heavy atom. The number of halogens is 1. The van der Waals surface area contributed by atoms with Gasteiger partial charge in [-0.1, -0.05) is 37.6 Å². The summed E-state index contributed by atoms with van der Waals surface area (Å²) in [6.45, 7) is 4.08. The van der Waals surface area contributed by atoms with E-state index in [4.69, 9.17) is 16.3 Å². The third-order valence-electron chi connectivity index (χ3n) is 7.26. The molecule has 3 rings (SSSR count). The van der Waals surface area contributed by atoms with Gasteiger partial charge in [-0.2, -0.15) is 8.42 Å². The summed E-state index contributed by atoms with van der Waals surface area (Å²) in [6, 6.07) is 4.72. The molecule has 4 atom stereocenters. The molecule has 3 amide bonds. The molecule has 0 spiro atoms. The number of aliphatic hydroxyl groups excluding tert-OH is 1. The van der Waals surface area contributed by atoms with Gasteiger partial charge in [0.2, 0.25) is 17.3 Å². The highest BCUT2D eigenvalue weighted by atomic mass is 35.5. The number of carbonyl (C=O) groups is 3. The van der Waals surface area contributed by atoms with Crippen LogP contribution in [0.2, 0.25) is 5.02 Å². The Labute approximate surface area is 234 Å². The van der Waals surface area contributed by atoms with Crippen LogP contribution in [-0.2, 0) is 30.9 Å². The van der Waals surface area contributed by atoms with Crippen LogP contribution < -0.4 is 16.0 Å². The van der Waals surface area contributed by atoms with E-state index in [2.05, 4.69) is 16.0 Å². The molecule has 0 radical (unpaired) electrons. The van der Waals surface area contributed by atoms with Gasteiger partial charge in [-0.25, -0.2) is 4.79 Å². The molecule has 5 N–H and O–H groups in total. The number of amides is 3. The first-order valence-electron chi connectivity index (χ1n) is 13.2. The Bertz CT molecular complexity index is 1120. The summed E-state index contributed by atoms with van der Waals surface area (Å²) in [4.78, 5) is 38.4. The first kappa shape index (κ1) is 31.1. The van der Waals surface area contributed by atoms with Crippen molar-refractivity contribution in [2.45, 2.75) is 88.3 Å². The maximum Gasteiger partial charge on any atom is 0.408 e. The number of benzene rings is 1. The van der Waals surface area contributed by atoms with E-state index in [0.29, 0.717) is 37.3 Å². The molecular formula is C26H38ClN3O8S. The van der Waals surface area contributed by atoms with Crippen LogP contribution in [0.25, 0.3) is 0 Å². The van der Waals surface area contributed by atoms with Gasteiger partial charge < -0.3 is 25.8 Å². The Kier molecular flexibility index (Phi) is 10.6. The molecule has 39 heavy (non-hydrogen) atoms. The average molecular weight is 588 g/mol. The molecule has 1 saturated carbocycles. The second-order valence-corrected chi connectivity index (χ2v) is 12.9. The maximum atomic E-state index is 13.3. The van der Waals surface area contributed by atoms with Crippen molar-refractivity contribution in [1.29, 1.82) is 0 Å². The van der Waals surface area contributed by atoms with Crippen LogP contribution in [0.4, 0.5) is 4.79 Å². The van der Waals surface area contributed by atoms with E-state index < -0.39 is 51.2 Å². The van der Waals surface area contributed by atoms with Gasteiger partial charge in [0.05, 0.1) is 6.04 Å². The summed E-state index contributed by atoms with van der Waals surface area (Å²) in [5.41, 5.74) is -2.12. The van der Waals surface area contributed by atoms with Crippen molar-refractivity contribution in [3.05, 3.63) is 34.9 Å². The minimum Gasteiger partial charge on any atom is -0.443 e. The molecule has 1 aliphatic carbocycles. The fourth-order valence-corrected chi connectivity index (χ4v) is 6.01. The van der Waals surface area contributed by atoms with E-state index in [-0.39, 0.29) is 24.7 Å². The number of rotatable bonds is 12. The number of ether oxygens (including phenoxy) is 1. The standard InChI is InChI=1S/C26H38ClN3O8S/c1-16(2)13-20(23(32)29-21(24(33)39(35,36)37)14-18-9-12-28-22(18)31)30-25(34)38-26(10-3-4-11-26)15-17-5-7-19(27)8-6-17/h5-8,16,18,20-21,24,33H,3-4,9-15H2,1-2H3,(H,28,31)(H,29,32)(H,30,34)(H,35,36,37)/t18-,20-,21-,24?/m0/s1. The highest BCUT2D eigenvalue weighted by Crippen LogP contribution is 2.36. The lowest BCUT2D eigenvalue weighted by molar-refractivity contribution is -0.126. The fraction of sp³-hybridized carbons (Fsp3) is 0.654. The SMILES string of the molecule is CC(C)C[C@H](NC(=O)OC1(Cc2ccc(Cl)cc2)CCCC1)C(=O)N[C@@H](C[C@@H]1CCNC1=O)C(O)S(=O)(=O)O. The second kappa shape index (κ2) is 13.3. The Morgan fingerprint density at radius 2 is 1.82 bits per heavy atom. The van der Waals surface area contributed by atoms with Crippen molar-refractivity contribution in [3.8, 4) is 0 Å². The summed E-state index contributed by atoms with van der Waals surface area (Å²) < 4.78 is 38.7. The average Bonchev–Trinajstić information content (AvgIpc) is 3.47. The number of carbonyl (C=O) groups excluding carboxylic acids is 3. The van der Waals surface area contributed by atoms with Crippen LogP contribution in [0.15, 0.2) is 24.3 Å².